The first kappa shape index (κ1) is 21.3. The second-order valence-corrected chi connectivity index (χ2v) is 8.08. The van der Waals surface area contributed by atoms with Gasteiger partial charge in [-0.05, 0) is 37.8 Å². The molecular formula is C23H25F3N4O. The number of aromatic nitrogens is 3. The minimum absolute atomic E-state index is 0.0297. The van der Waals surface area contributed by atoms with E-state index in [1.165, 1.54) is 0 Å². The third-order valence-corrected chi connectivity index (χ3v) is 5.97. The van der Waals surface area contributed by atoms with Gasteiger partial charge in [0.1, 0.15) is 5.69 Å². The number of fused-ring (bicyclic) bond motifs is 1. The van der Waals surface area contributed by atoms with Crippen LogP contribution in [0.25, 0.3) is 5.65 Å². The van der Waals surface area contributed by atoms with Crippen LogP contribution in [-0.2, 0) is 17.4 Å². The van der Waals surface area contributed by atoms with Crippen LogP contribution in [0, 0.1) is 0 Å². The molecule has 8 heteroatoms. The van der Waals surface area contributed by atoms with Crippen LogP contribution in [0.3, 0.4) is 0 Å². The second kappa shape index (κ2) is 8.32. The van der Waals surface area contributed by atoms with Crippen molar-refractivity contribution in [3.8, 4) is 0 Å². The van der Waals surface area contributed by atoms with Crippen LogP contribution < -0.4 is 0 Å². The quantitative estimate of drug-likeness (QED) is 0.596. The first-order chi connectivity index (χ1) is 14.8. The van der Waals surface area contributed by atoms with Gasteiger partial charge in [0.15, 0.2) is 5.65 Å². The molecule has 1 saturated heterocycles. The van der Waals surface area contributed by atoms with Crippen LogP contribution in [0.1, 0.15) is 61.2 Å². The molecule has 0 aliphatic carbocycles. The molecule has 4 rings (SSSR count). The van der Waals surface area contributed by atoms with Crippen molar-refractivity contribution >= 4 is 11.6 Å². The monoisotopic (exact) mass is 430 g/mol. The number of halogens is 3. The van der Waals surface area contributed by atoms with Crippen molar-refractivity contribution in [2.45, 2.75) is 51.1 Å². The Morgan fingerprint density at radius 2 is 1.97 bits per heavy atom. The normalized spacial score (nSPS) is 18.4. The van der Waals surface area contributed by atoms with E-state index in [2.05, 4.69) is 10.1 Å². The van der Waals surface area contributed by atoms with E-state index in [1.807, 2.05) is 42.2 Å². The molecule has 1 aliphatic heterocycles. The Balaban J connectivity index is 1.60. The molecule has 3 heterocycles. The van der Waals surface area contributed by atoms with E-state index in [-0.39, 0.29) is 23.4 Å². The van der Waals surface area contributed by atoms with Gasteiger partial charge in [-0.2, -0.15) is 18.3 Å². The summed E-state index contributed by atoms with van der Waals surface area (Å²) in [6.07, 6.45) is -2.56. The molecule has 3 aromatic rings. The molecule has 31 heavy (non-hydrogen) atoms. The van der Waals surface area contributed by atoms with Gasteiger partial charge in [-0.25, -0.2) is 9.50 Å². The molecule has 1 amide bonds. The first-order valence-electron chi connectivity index (χ1n) is 10.6. The number of rotatable bonds is 4. The number of likely N-dealkylation sites (tertiary alicyclic amines) is 1. The molecule has 0 radical (unpaired) electrons. The zero-order valence-corrected chi connectivity index (χ0v) is 17.6. The summed E-state index contributed by atoms with van der Waals surface area (Å²) < 4.78 is 41.6. The standard InChI is InChI=1S/C23H25F3N4O/c1-3-18-12-20(23(24,25)26)30-21(27-18)13-19(28-30)17-10-7-11-29(14-17)22(31)15(2)16-8-5-4-6-9-16/h4-6,8-9,12-13,15,17H,3,7,10-11,14H2,1-2H3/t15-,17+/m1/s1. The summed E-state index contributed by atoms with van der Waals surface area (Å²) in [6, 6.07) is 12.3. The van der Waals surface area contributed by atoms with Crippen molar-refractivity contribution in [3.05, 3.63) is 65.1 Å². The van der Waals surface area contributed by atoms with Gasteiger partial charge in [0, 0.05) is 30.8 Å². The number of hydrogen-bond acceptors (Lipinski definition) is 3. The summed E-state index contributed by atoms with van der Waals surface area (Å²) in [5.41, 5.74) is 1.26. The largest absolute Gasteiger partial charge is 0.433 e. The van der Waals surface area contributed by atoms with Gasteiger partial charge in [-0.3, -0.25) is 4.79 Å². The number of amides is 1. The van der Waals surface area contributed by atoms with Crippen molar-refractivity contribution in [3.63, 3.8) is 0 Å². The molecule has 0 saturated carbocycles. The lowest BCUT2D eigenvalue weighted by molar-refractivity contribution is -0.142. The van der Waals surface area contributed by atoms with E-state index in [1.54, 1.807) is 13.0 Å². The van der Waals surface area contributed by atoms with E-state index in [0.717, 1.165) is 29.0 Å². The third-order valence-electron chi connectivity index (χ3n) is 5.97. The number of carbonyl (C=O) groups excluding carboxylic acids is 1. The van der Waals surface area contributed by atoms with Crippen LogP contribution >= 0.6 is 0 Å². The minimum atomic E-state index is -4.52. The smallest absolute Gasteiger partial charge is 0.342 e. The van der Waals surface area contributed by atoms with Crippen LogP contribution in [0.5, 0.6) is 0 Å². The first-order valence-corrected chi connectivity index (χ1v) is 10.6. The van der Waals surface area contributed by atoms with Crippen molar-refractivity contribution in [2.24, 2.45) is 0 Å². The van der Waals surface area contributed by atoms with E-state index in [9.17, 15) is 18.0 Å². The van der Waals surface area contributed by atoms with Gasteiger partial charge in [0.2, 0.25) is 5.91 Å². The number of nitrogens with zero attached hydrogens (tertiary/aromatic N) is 4. The maximum atomic E-state index is 13.6. The zero-order valence-electron chi connectivity index (χ0n) is 17.6. The molecule has 1 aliphatic rings. The second-order valence-electron chi connectivity index (χ2n) is 8.08. The van der Waals surface area contributed by atoms with Crippen LogP contribution in [0.4, 0.5) is 13.2 Å². The van der Waals surface area contributed by atoms with Crippen molar-refractivity contribution in [2.75, 3.05) is 13.1 Å². The van der Waals surface area contributed by atoms with Gasteiger partial charge in [0.05, 0.1) is 11.6 Å². The van der Waals surface area contributed by atoms with Crippen LogP contribution in [0.15, 0.2) is 42.5 Å². The molecular weight excluding hydrogens is 405 g/mol. The molecule has 1 fully saturated rings. The Morgan fingerprint density at radius 3 is 2.65 bits per heavy atom. The Morgan fingerprint density at radius 1 is 1.23 bits per heavy atom. The predicted octanol–water partition coefficient (Wildman–Crippen LogP) is 4.82. The molecule has 0 bridgehead atoms. The molecule has 2 aromatic heterocycles. The summed E-state index contributed by atoms with van der Waals surface area (Å²) >= 11 is 0. The lowest BCUT2D eigenvalue weighted by atomic mass is 9.92. The number of piperidine rings is 1. The van der Waals surface area contributed by atoms with Crippen LogP contribution in [-0.4, -0.2) is 38.5 Å². The SMILES string of the molecule is CCc1cc(C(F)(F)F)n2nc([C@H]3CCCN(C(=O)[C@H](C)c4ccccc4)C3)cc2n1. The molecule has 0 unspecified atom stereocenters. The molecule has 2 atom stereocenters. The third kappa shape index (κ3) is 4.29. The van der Waals surface area contributed by atoms with Gasteiger partial charge in [0.25, 0.3) is 0 Å². The Hall–Kier alpha value is -2.90. The number of carbonyl (C=O) groups is 1. The highest BCUT2D eigenvalue weighted by atomic mass is 19.4. The average molecular weight is 430 g/mol. The van der Waals surface area contributed by atoms with E-state index in [4.69, 9.17) is 0 Å². The molecule has 5 nitrogen and oxygen atoms in total. The lowest BCUT2D eigenvalue weighted by Gasteiger charge is -2.33. The van der Waals surface area contributed by atoms with Gasteiger partial charge in [-0.15, -0.1) is 0 Å². The summed E-state index contributed by atoms with van der Waals surface area (Å²) in [4.78, 5) is 19.2. The topological polar surface area (TPSA) is 50.5 Å². The van der Waals surface area contributed by atoms with E-state index >= 15 is 0 Å². The van der Waals surface area contributed by atoms with Crippen LogP contribution in [0.2, 0.25) is 0 Å². The Bertz CT molecular complexity index is 1080. The Kier molecular flexibility index (Phi) is 5.73. The number of aryl methyl sites for hydroxylation is 1. The minimum Gasteiger partial charge on any atom is -0.342 e. The fourth-order valence-corrected chi connectivity index (χ4v) is 4.20. The number of alkyl halides is 3. The van der Waals surface area contributed by atoms with Gasteiger partial charge < -0.3 is 4.90 Å². The number of benzene rings is 1. The highest BCUT2D eigenvalue weighted by Gasteiger charge is 2.36. The highest BCUT2D eigenvalue weighted by molar-refractivity contribution is 5.83. The van der Waals surface area contributed by atoms with Gasteiger partial charge >= 0.3 is 6.18 Å². The van der Waals surface area contributed by atoms with Gasteiger partial charge in [-0.1, -0.05) is 37.3 Å². The fourth-order valence-electron chi connectivity index (χ4n) is 4.20. The fraction of sp³-hybridized carbons (Fsp3) is 0.435. The molecule has 164 valence electrons. The maximum absolute atomic E-state index is 13.6. The Labute approximate surface area is 178 Å². The lowest BCUT2D eigenvalue weighted by Crippen LogP contribution is -2.41. The van der Waals surface area contributed by atoms with Crippen molar-refractivity contribution in [1.82, 2.24) is 19.5 Å². The van der Waals surface area contributed by atoms with E-state index < -0.39 is 11.9 Å². The molecule has 0 N–H and O–H groups in total. The molecule has 1 aromatic carbocycles. The predicted molar refractivity (Wildman–Crippen MR) is 111 cm³/mol. The summed E-state index contributed by atoms with van der Waals surface area (Å²) in [6.45, 7) is 4.75. The van der Waals surface area contributed by atoms with Crippen molar-refractivity contribution < 1.29 is 18.0 Å². The van der Waals surface area contributed by atoms with E-state index in [0.29, 0.717) is 30.9 Å². The zero-order chi connectivity index (χ0) is 22.2. The summed E-state index contributed by atoms with van der Waals surface area (Å²) in [5, 5.41) is 4.27. The maximum Gasteiger partial charge on any atom is 0.433 e. The average Bonchev–Trinajstić information content (AvgIpc) is 3.21. The number of hydrogen-bond donors (Lipinski definition) is 0. The summed E-state index contributed by atoms with van der Waals surface area (Å²) in [5.74, 6) is -0.359. The highest BCUT2D eigenvalue weighted by Crippen LogP contribution is 2.33. The van der Waals surface area contributed by atoms with Crippen molar-refractivity contribution in [1.29, 1.82) is 0 Å². The summed E-state index contributed by atoms with van der Waals surface area (Å²) in [7, 11) is 0. The molecule has 0 spiro atoms.